The molecule has 2 aromatic carbocycles. The minimum atomic E-state index is -0.765. The number of halogens is 2. The third-order valence-electron chi connectivity index (χ3n) is 3.06. The topological polar surface area (TPSA) is 98.5 Å². The Morgan fingerprint density at radius 2 is 1.92 bits per heavy atom. The number of anilines is 1. The van der Waals surface area contributed by atoms with E-state index >= 15 is 0 Å². The van der Waals surface area contributed by atoms with Crippen molar-refractivity contribution >= 4 is 40.9 Å². The number of benzene rings is 2. The number of nitro benzene ring substituents is 1. The van der Waals surface area contributed by atoms with Gasteiger partial charge in [-0.1, -0.05) is 23.7 Å². The summed E-state index contributed by atoms with van der Waals surface area (Å²) < 4.78 is 17.5. The van der Waals surface area contributed by atoms with Crippen LogP contribution >= 0.6 is 11.6 Å². The van der Waals surface area contributed by atoms with E-state index in [1.807, 2.05) is 0 Å². The maximum Gasteiger partial charge on any atom is 0.331 e. The third-order valence-corrected chi connectivity index (χ3v) is 3.38. The Kier molecular flexibility index (Phi) is 6.40. The van der Waals surface area contributed by atoms with Gasteiger partial charge in [-0.3, -0.25) is 14.9 Å². The molecule has 0 spiro atoms. The highest BCUT2D eigenvalue weighted by Crippen LogP contribution is 2.26. The lowest BCUT2D eigenvalue weighted by molar-refractivity contribution is -0.384. The molecule has 7 nitrogen and oxygen atoms in total. The van der Waals surface area contributed by atoms with Gasteiger partial charge in [0, 0.05) is 18.2 Å². The number of ether oxygens (including phenoxy) is 1. The SMILES string of the molecule is O=C(COC(=O)/C=C/c1ccc(F)cc1)Nc1ccc([N+](=O)[O-])cc1Cl. The molecule has 2 aromatic rings. The third kappa shape index (κ3) is 5.67. The predicted molar refractivity (Wildman–Crippen MR) is 93.1 cm³/mol. The summed E-state index contributed by atoms with van der Waals surface area (Å²) in [4.78, 5) is 33.3. The van der Waals surface area contributed by atoms with Gasteiger partial charge in [0.15, 0.2) is 6.61 Å². The molecule has 0 atom stereocenters. The van der Waals surface area contributed by atoms with E-state index in [-0.39, 0.29) is 16.4 Å². The number of esters is 1. The Balaban J connectivity index is 1.85. The van der Waals surface area contributed by atoms with E-state index in [4.69, 9.17) is 16.3 Å². The summed E-state index contributed by atoms with van der Waals surface area (Å²) in [6.07, 6.45) is 2.51. The summed E-state index contributed by atoms with van der Waals surface area (Å²) in [6, 6.07) is 8.98. The molecule has 1 amide bonds. The highest BCUT2D eigenvalue weighted by molar-refractivity contribution is 6.34. The quantitative estimate of drug-likeness (QED) is 0.358. The van der Waals surface area contributed by atoms with Gasteiger partial charge in [-0.05, 0) is 29.8 Å². The smallest absolute Gasteiger partial charge is 0.331 e. The Labute approximate surface area is 152 Å². The summed E-state index contributed by atoms with van der Waals surface area (Å²) in [6.45, 7) is -0.570. The van der Waals surface area contributed by atoms with E-state index in [1.54, 1.807) is 0 Å². The number of carbonyl (C=O) groups is 2. The first-order valence-electron chi connectivity index (χ1n) is 7.19. The zero-order chi connectivity index (χ0) is 19.1. The van der Waals surface area contributed by atoms with Gasteiger partial charge in [0.1, 0.15) is 5.82 Å². The van der Waals surface area contributed by atoms with Crippen LogP contribution in [0.25, 0.3) is 6.08 Å². The largest absolute Gasteiger partial charge is 0.452 e. The van der Waals surface area contributed by atoms with Gasteiger partial charge >= 0.3 is 5.97 Å². The molecule has 0 heterocycles. The highest BCUT2D eigenvalue weighted by atomic mass is 35.5. The number of hydrogen-bond donors (Lipinski definition) is 1. The number of rotatable bonds is 6. The van der Waals surface area contributed by atoms with Crippen LogP contribution in [0, 0.1) is 15.9 Å². The molecule has 1 N–H and O–H groups in total. The number of amides is 1. The number of non-ortho nitro benzene ring substituents is 1. The predicted octanol–water partition coefficient (Wildman–Crippen LogP) is 3.58. The highest BCUT2D eigenvalue weighted by Gasteiger charge is 2.12. The molecular formula is C17H12ClFN2O5. The number of nitrogens with zero attached hydrogens (tertiary/aromatic N) is 1. The van der Waals surface area contributed by atoms with Crippen molar-refractivity contribution in [2.24, 2.45) is 0 Å². The van der Waals surface area contributed by atoms with Gasteiger partial charge in [0.05, 0.1) is 15.6 Å². The number of hydrogen-bond acceptors (Lipinski definition) is 5. The van der Waals surface area contributed by atoms with E-state index in [0.29, 0.717) is 5.56 Å². The van der Waals surface area contributed by atoms with Crippen LogP contribution in [0.2, 0.25) is 5.02 Å². The number of nitrogens with one attached hydrogen (secondary N) is 1. The second-order valence-electron chi connectivity index (χ2n) is 4.96. The van der Waals surface area contributed by atoms with Crippen molar-refractivity contribution in [2.75, 3.05) is 11.9 Å². The molecule has 0 unspecified atom stereocenters. The molecule has 0 aromatic heterocycles. The van der Waals surface area contributed by atoms with Crippen LogP contribution in [0.3, 0.4) is 0 Å². The van der Waals surface area contributed by atoms with Crippen molar-refractivity contribution in [1.29, 1.82) is 0 Å². The van der Waals surface area contributed by atoms with E-state index < -0.39 is 29.2 Å². The average Bonchev–Trinajstić information content (AvgIpc) is 2.61. The normalized spacial score (nSPS) is 10.5. The lowest BCUT2D eigenvalue weighted by atomic mass is 10.2. The molecule has 0 saturated carbocycles. The molecule has 0 saturated heterocycles. The lowest BCUT2D eigenvalue weighted by Gasteiger charge is -2.07. The number of carbonyl (C=O) groups excluding carboxylic acids is 2. The van der Waals surface area contributed by atoms with Gasteiger partial charge in [-0.25, -0.2) is 9.18 Å². The van der Waals surface area contributed by atoms with Crippen molar-refractivity contribution in [3.05, 3.63) is 75.1 Å². The molecule has 0 aliphatic carbocycles. The zero-order valence-electron chi connectivity index (χ0n) is 13.1. The van der Waals surface area contributed by atoms with Gasteiger partial charge < -0.3 is 10.1 Å². The molecule has 0 fully saturated rings. The summed E-state index contributed by atoms with van der Waals surface area (Å²) >= 11 is 5.84. The first-order valence-corrected chi connectivity index (χ1v) is 7.57. The molecular weight excluding hydrogens is 367 g/mol. The lowest BCUT2D eigenvalue weighted by Crippen LogP contribution is -2.20. The van der Waals surface area contributed by atoms with Crippen LogP contribution in [0.5, 0.6) is 0 Å². The standard InChI is InChI=1S/C17H12ClFN2O5/c18-14-9-13(21(24)25)6-7-15(14)20-16(22)10-26-17(23)8-3-11-1-4-12(19)5-2-11/h1-9H,10H2,(H,20,22)/b8-3+. The first-order chi connectivity index (χ1) is 12.3. The van der Waals surface area contributed by atoms with E-state index in [9.17, 15) is 24.1 Å². The summed E-state index contributed by atoms with van der Waals surface area (Å²) in [5, 5.41) is 13.0. The number of nitro groups is 1. The molecule has 9 heteroatoms. The summed E-state index contributed by atoms with van der Waals surface area (Å²) in [5.41, 5.74) is 0.524. The van der Waals surface area contributed by atoms with Crippen LogP contribution in [0.1, 0.15) is 5.56 Å². The van der Waals surface area contributed by atoms with Gasteiger partial charge in [-0.2, -0.15) is 0 Å². The van der Waals surface area contributed by atoms with Crippen molar-refractivity contribution in [1.82, 2.24) is 0 Å². The Bertz CT molecular complexity index is 868. The second-order valence-corrected chi connectivity index (χ2v) is 5.37. The Morgan fingerprint density at radius 3 is 2.54 bits per heavy atom. The fourth-order valence-electron chi connectivity index (χ4n) is 1.83. The molecule has 0 aliphatic rings. The monoisotopic (exact) mass is 378 g/mol. The molecule has 0 bridgehead atoms. The molecule has 134 valence electrons. The maximum absolute atomic E-state index is 12.8. The zero-order valence-corrected chi connectivity index (χ0v) is 13.9. The van der Waals surface area contributed by atoms with Crippen LogP contribution in [-0.2, 0) is 14.3 Å². The first kappa shape index (κ1) is 19.1. The average molecular weight is 379 g/mol. The molecule has 26 heavy (non-hydrogen) atoms. The van der Waals surface area contributed by atoms with Crippen LogP contribution in [0.4, 0.5) is 15.8 Å². The van der Waals surface area contributed by atoms with Crippen molar-refractivity contribution in [3.8, 4) is 0 Å². The van der Waals surface area contributed by atoms with E-state index in [2.05, 4.69) is 5.32 Å². The van der Waals surface area contributed by atoms with Crippen LogP contribution in [-0.4, -0.2) is 23.4 Å². The molecule has 0 radical (unpaired) electrons. The fourth-order valence-corrected chi connectivity index (χ4v) is 2.05. The van der Waals surface area contributed by atoms with Gasteiger partial charge in [-0.15, -0.1) is 0 Å². The summed E-state index contributed by atoms with van der Waals surface area (Å²) in [5.74, 6) is -1.82. The van der Waals surface area contributed by atoms with Gasteiger partial charge in [0.25, 0.3) is 11.6 Å². The van der Waals surface area contributed by atoms with E-state index in [0.717, 1.165) is 12.1 Å². The summed E-state index contributed by atoms with van der Waals surface area (Å²) in [7, 11) is 0. The Hall–Kier alpha value is -3.26. The minimum absolute atomic E-state index is 0.0184. The molecule has 2 rings (SSSR count). The van der Waals surface area contributed by atoms with Crippen molar-refractivity contribution < 1.29 is 23.6 Å². The van der Waals surface area contributed by atoms with E-state index in [1.165, 1.54) is 42.5 Å². The fraction of sp³-hybridized carbons (Fsp3) is 0.0588. The second kappa shape index (κ2) is 8.72. The van der Waals surface area contributed by atoms with Crippen molar-refractivity contribution in [2.45, 2.75) is 0 Å². The van der Waals surface area contributed by atoms with Crippen LogP contribution in [0.15, 0.2) is 48.5 Å². The Morgan fingerprint density at radius 1 is 1.23 bits per heavy atom. The minimum Gasteiger partial charge on any atom is -0.452 e. The van der Waals surface area contributed by atoms with Crippen LogP contribution < -0.4 is 5.32 Å². The van der Waals surface area contributed by atoms with Crippen molar-refractivity contribution in [3.63, 3.8) is 0 Å². The van der Waals surface area contributed by atoms with Gasteiger partial charge in [0.2, 0.25) is 0 Å². The maximum atomic E-state index is 12.8. The molecule has 0 aliphatic heterocycles.